The van der Waals surface area contributed by atoms with E-state index in [1.165, 1.54) is 101 Å². The van der Waals surface area contributed by atoms with Gasteiger partial charge in [-0.25, -0.2) is 0 Å². The first-order valence-corrected chi connectivity index (χ1v) is 25.3. The van der Waals surface area contributed by atoms with Gasteiger partial charge >= 0.3 is 0 Å². The molecule has 0 aromatic heterocycles. The molecule has 0 N–H and O–H groups in total. The van der Waals surface area contributed by atoms with E-state index in [1.54, 1.807) is 0 Å². The maximum absolute atomic E-state index is 2.73. The Kier molecular flexibility index (Phi) is 9.66. The first-order chi connectivity index (χ1) is 32.0. The Morgan fingerprint density at radius 3 is 1.49 bits per heavy atom. The van der Waals surface area contributed by atoms with Crippen molar-refractivity contribution in [3.63, 3.8) is 0 Å². The Bertz CT molecular complexity index is 3150. The molecule has 1 aliphatic carbocycles. The van der Waals surface area contributed by atoms with E-state index >= 15 is 0 Å². The zero-order valence-electron chi connectivity index (χ0n) is 43.2. The summed E-state index contributed by atoms with van der Waals surface area (Å²) < 4.78 is 0. The van der Waals surface area contributed by atoms with Crippen LogP contribution < -0.4 is 31.1 Å². The highest BCUT2D eigenvalue weighted by Gasteiger charge is 2.60. The maximum Gasteiger partial charge on any atom is 0.252 e. The summed E-state index contributed by atoms with van der Waals surface area (Å²) in [6.07, 6.45) is 2.18. The minimum Gasteiger partial charge on any atom is -0.330 e. The normalized spacial score (nSPS) is 19.5. The van der Waals surface area contributed by atoms with Crippen LogP contribution in [0.2, 0.25) is 0 Å². The lowest BCUT2D eigenvalue weighted by Crippen LogP contribution is -2.61. The van der Waals surface area contributed by atoms with Gasteiger partial charge in [-0.2, -0.15) is 0 Å². The lowest BCUT2D eigenvalue weighted by atomic mass is 9.33. The van der Waals surface area contributed by atoms with E-state index in [0.717, 1.165) is 12.8 Å². The van der Waals surface area contributed by atoms with Gasteiger partial charge in [-0.05, 0) is 157 Å². The molecule has 0 fully saturated rings. The number of anilines is 8. The third-order valence-electron chi connectivity index (χ3n) is 16.7. The number of para-hydroxylation sites is 1. The van der Waals surface area contributed by atoms with E-state index in [9.17, 15) is 0 Å². The van der Waals surface area contributed by atoms with Crippen molar-refractivity contribution < 1.29 is 0 Å². The topological polar surface area (TPSA) is 9.72 Å². The number of benzene rings is 7. The zero-order chi connectivity index (χ0) is 48.1. The summed E-state index contributed by atoms with van der Waals surface area (Å²) in [5.41, 5.74) is 23.2. The summed E-state index contributed by atoms with van der Waals surface area (Å²) in [6, 6.07) is 57.4. The van der Waals surface area contributed by atoms with Crippen molar-refractivity contribution in [1.82, 2.24) is 0 Å². The highest BCUT2D eigenvalue weighted by Crippen LogP contribution is 2.64. The maximum atomic E-state index is 2.73. The minimum atomic E-state index is -0.305. The average molecular weight is 892 g/mol. The van der Waals surface area contributed by atoms with Gasteiger partial charge in [0.15, 0.2) is 0 Å². The summed E-state index contributed by atoms with van der Waals surface area (Å²) in [5.74, 6) is 0. The van der Waals surface area contributed by atoms with E-state index in [4.69, 9.17) is 0 Å². The molecule has 0 bridgehead atoms. The van der Waals surface area contributed by atoms with Gasteiger partial charge < -0.3 is 14.7 Å². The second kappa shape index (κ2) is 14.8. The molecule has 3 heterocycles. The monoisotopic (exact) mass is 892 g/mol. The lowest BCUT2D eigenvalue weighted by Gasteiger charge is -2.51. The second-order valence-corrected chi connectivity index (χ2v) is 25.1. The molecular weight excluding hydrogens is 822 g/mol. The van der Waals surface area contributed by atoms with Gasteiger partial charge in [0.05, 0.1) is 5.54 Å². The van der Waals surface area contributed by atoms with Gasteiger partial charge in [0.25, 0.3) is 6.71 Å². The molecule has 2 unspecified atom stereocenters. The summed E-state index contributed by atoms with van der Waals surface area (Å²) in [4.78, 5) is 7.94. The van der Waals surface area contributed by atoms with Crippen LogP contribution in [0.5, 0.6) is 0 Å². The Hall–Kier alpha value is -6.00. The molecule has 4 heteroatoms. The fourth-order valence-electron chi connectivity index (χ4n) is 12.5. The quantitative estimate of drug-likeness (QED) is 0.164. The largest absolute Gasteiger partial charge is 0.330 e. The zero-order valence-corrected chi connectivity index (χ0v) is 43.2. The Balaban J connectivity index is 1.23. The summed E-state index contributed by atoms with van der Waals surface area (Å²) in [5, 5.41) is 0. The molecular formula is C64H70BN3. The van der Waals surface area contributed by atoms with Crippen LogP contribution in [0, 0.1) is 0 Å². The highest BCUT2D eigenvalue weighted by molar-refractivity contribution is 7.00. The predicted molar refractivity (Wildman–Crippen MR) is 293 cm³/mol. The number of hydrogen-bond acceptors (Lipinski definition) is 3. The average Bonchev–Trinajstić information content (AvgIpc) is 3.50. The Labute approximate surface area is 408 Å². The number of hydrogen-bond donors (Lipinski definition) is 0. The van der Waals surface area contributed by atoms with Crippen molar-refractivity contribution in [2.45, 2.75) is 142 Å². The Morgan fingerprint density at radius 1 is 0.412 bits per heavy atom. The third kappa shape index (κ3) is 6.52. The summed E-state index contributed by atoms with van der Waals surface area (Å²) >= 11 is 0. The van der Waals surface area contributed by atoms with Crippen molar-refractivity contribution in [2.75, 3.05) is 14.7 Å². The van der Waals surface area contributed by atoms with Gasteiger partial charge in [-0.1, -0.05) is 175 Å². The summed E-state index contributed by atoms with van der Waals surface area (Å²) in [7, 11) is 0. The second-order valence-electron chi connectivity index (χ2n) is 25.1. The van der Waals surface area contributed by atoms with Gasteiger partial charge in [-0.15, -0.1) is 0 Å². The number of aryl methyl sites for hydroxylation is 1. The van der Waals surface area contributed by atoms with Crippen molar-refractivity contribution >= 4 is 68.6 Å². The fourth-order valence-corrected chi connectivity index (χ4v) is 12.5. The van der Waals surface area contributed by atoms with Crippen LogP contribution in [0.25, 0.3) is 0 Å². The number of rotatable bonds is 3. The number of fused-ring (bicyclic) bond motifs is 9. The van der Waals surface area contributed by atoms with Crippen LogP contribution in [-0.4, -0.2) is 6.71 Å². The van der Waals surface area contributed by atoms with Crippen LogP contribution in [0.4, 0.5) is 45.5 Å². The fraction of sp³-hybridized carbons (Fsp3) is 0.344. The van der Waals surface area contributed by atoms with Gasteiger partial charge in [0.2, 0.25) is 0 Å². The van der Waals surface area contributed by atoms with Gasteiger partial charge in [-0.3, -0.25) is 0 Å². The van der Waals surface area contributed by atoms with Crippen LogP contribution in [-0.2, 0) is 39.0 Å². The van der Waals surface area contributed by atoms with E-state index in [-0.39, 0.29) is 39.3 Å². The van der Waals surface area contributed by atoms with Crippen molar-refractivity contribution in [3.05, 3.63) is 185 Å². The van der Waals surface area contributed by atoms with Crippen LogP contribution in [0.15, 0.2) is 146 Å². The molecule has 0 amide bonds. The SMILES string of the molecule is CC(C)(C)c1ccc(N2c3ccc(C(C)(C)C)cc3B3c4ccc(N5c6ccccc6C6(C)CCc7ccccc7C56C)cc4N(c4ccc(C(C)(C)C)cc4)c4cc(C(C)(C)C)cc2c43)cc1. The van der Waals surface area contributed by atoms with E-state index in [2.05, 4.69) is 257 Å². The first kappa shape index (κ1) is 44.5. The minimum absolute atomic E-state index is 0.00712. The molecule has 7 aromatic rings. The van der Waals surface area contributed by atoms with Crippen LogP contribution >= 0.6 is 0 Å². The molecule has 11 rings (SSSR count). The van der Waals surface area contributed by atoms with Crippen LogP contribution in [0.1, 0.15) is 142 Å². The van der Waals surface area contributed by atoms with E-state index in [0.29, 0.717) is 0 Å². The van der Waals surface area contributed by atoms with E-state index < -0.39 is 0 Å². The molecule has 3 nitrogen and oxygen atoms in total. The van der Waals surface area contributed by atoms with Gasteiger partial charge in [0.1, 0.15) is 0 Å². The van der Waals surface area contributed by atoms with Crippen molar-refractivity contribution in [3.8, 4) is 0 Å². The molecule has 68 heavy (non-hydrogen) atoms. The van der Waals surface area contributed by atoms with Gasteiger partial charge in [0, 0.05) is 50.9 Å². The summed E-state index contributed by atoms with van der Waals surface area (Å²) in [6.45, 7) is 33.1. The molecule has 3 aliphatic heterocycles. The molecule has 0 spiro atoms. The molecule has 0 radical (unpaired) electrons. The third-order valence-corrected chi connectivity index (χ3v) is 16.7. The predicted octanol–water partition coefficient (Wildman–Crippen LogP) is 15.2. The molecule has 2 atom stereocenters. The molecule has 0 saturated heterocycles. The smallest absolute Gasteiger partial charge is 0.252 e. The number of nitrogens with zero attached hydrogens (tertiary/aromatic N) is 3. The first-order valence-electron chi connectivity index (χ1n) is 25.3. The van der Waals surface area contributed by atoms with Crippen molar-refractivity contribution in [2.24, 2.45) is 0 Å². The molecule has 0 saturated carbocycles. The van der Waals surface area contributed by atoms with Crippen LogP contribution in [0.3, 0.4) is 0 Å². The lowest BCUT2D eigenvalue weighted by molar-refractivity contribution is 0.245. The van der Waals surface area contributed by atoms with E-state index in [1.807, 2.05) is 0 Å². The van der Waals surface area contributed by atoms with Crippen molar-refractivity contribution in [1.29, 1.82) is 0 Å². The standard InChI is InChI=1S/C64H70BN3/c1-59(2,3)42-23-28-46(29-24-42)66-54-34-27-44(61(7,8)9)37-52(54)65-51-33-32-48(68-53-22-18-17-21-50(53)63(13)36-35-41-19-15-16-20-49(41)64(63,68)14)40-55(51)67(47-30-25-43(26-31-47)60(4,5)6)57-39-45(62(10,11)12)38-56(66)58(57)65/h15-34,37-40H,35-36H2,1-14H3. The molecule has 7 aromatic carbocycles. The molecule has 344 valence electrons. The Morgan fingerprint density at radius 2 is 0.912 bits per heavy atom. The molecule has 4 aliphatic rings. The highest BCUT2D eigenvalue weighted by atomic mass is 15.3.